The van der Waals surface area contributed by atoms with Crippen LogP contribution in [0.15, 0.2) is 24.3 Å². The Morgan fingerprint density at radius 2 is 1.91 bits per heavy atom. The molecule has 0 saturated carbocycles. The Hall–Kier alpha value is -1.75. The molecule has 0 atom stereocenters. The van der Waals surface area contributed by atoms with E-state index >= 15 is 0 Å². The zero-order valence-electron chi connectivity index (χ0n) is 13.7. The standard InChI is InChI=1S/C17H23N3OS/c1-5-6-7-15(21)20(12(2)3)17-19-18-16(22-17)14-10-8-13(4)9-11-14/h8-12H,5-7H2,1-4H3. The summed E-state index contributed by atoms with van der Waals surface area (Å²) in [7, 11) is 0. The number of nitrogens with zero attached hydrogens (tertiary/aromatic N) is 3. The van der Waals surface area contributed by atoms with Crippen LogP contribution in [0.1, 0.15) is 45.6 Å². The monoisotopic (exact) mass is 317 g/mol. The van der Waals surface area contributed by atoms with Crippen LogP contribution in [-0.4, -0.2) is 22.1 Å². The number of unbranched alkanes of at least 4 members (excludes halogenated alkanes) is 1. The Bertz CT molecular complexity index is 619. The first-order valence-corrected chi connectivity index (χ1v) is 8.57. The number of hydrogen-bond donors (Lipinski definition) is 0. The van der Waals surface area contributed by atoms with Crippen LogP contribution in [0.5, 0.6) is 0 Å². The zero-order valence-corrected chi connectivity index (χ0v) is 14.5. The second-order valence-corrected chi connectivity index (χ2v) is 6.67. The first kappa shape index (κ1) is 16.6. The summed E-state index contributed by atoms with van der Waals surface area (Å²) in [5.74, 6) is 0.128. The topological polar surface area (TPSA) is 46.1 Å². The number of hydrogen-bond acceptors (Lipinski definition) is 4. The van der Waals surface area contributed by atoms with Crippen molar-refractivity contribution in [2.45, 2.75) is 53.0 Å². The fourth-order valence-electron chi connectivity index (χ4n) is 2.19. The van der Waals surface area contributed by atoms with Gasteiger partial charge in [0.2, 0.25) is 11.0 Å². The molecule has 5 heteroatoms. The van der Waals surface area contributed by atoms with Gasteiger partial charge in [-0.15, -0.1) is 10.2 Å². The molecule has 118 valence electrons. The van der Waals surface area contributed by atoms with Gasteiger partial charge in [-0.05, 0) is 27.2 Å². The normalized spacial score (nSPS) is 11.0. The van der Waals surface area contributed by atoms with Gasteiger partial charge in [0.15, 0.2) is 0 Å². The summed E-state index contributed by atoms with van der Waals surface area (Å²) < 4.78 is 0. The highest BCUT2D eigenvalue weighted by molar-refractivity contribution is 7.18. The van der Waals surface area contributed by atoms with Gasteiger partial charge in [0.1, 0.15) is 5.01 Å². The summed E-state index contributed by atoms with van der Waals surface area (Å²) >= 11 is 1.47. The summed E-state index contributed by atoms with van der Waals surface area (Å²) in [6.07, 6.45) is 2.49. The van der Waals surface area contributed by atoms with Crippen molar-refractivity contribution in [2.24, 2.45) is 0 Å². The second-order valence-electron chi connectivity index (χ2n) is 5.72. The minimum Gasteiger partial charge on any atom is -0.284 e. The van der Waals surface area contributed by atoms with Crippen LogP contribution in [0.4, 0.5) is 5.13 Å². The molecule has 1 aromatic heterocycles. The third-order valence-electron chi connectivity index (χ3n) is 3.45. The molecular weight excluding hydrogens is 294 g/mol. The molecule has 2 aromatic rings. The SMILES string of the molecule is CCCCC(=O)N(c1nnc(-c2ccc(C)cc2)s1)C(C)C. The van der Waals surface area contributed by atoms with Gasteiger partial charge in [-0.3, -0.25) is 9.69 Å². The first-order chi connectivity index (χ1) is 10.5. The van der Waals surface area contributed by atoms with Crippen LogP contribution >= 0.6 is 11.3 Å². The van der Waals surface area contributed by atoms with E-state index in [1.807, 2.05) is 26.0 Å². The molecule has 0 aliphatic rings. The zero-order chi connectivity index (χ0) is 16.1. The van der Waals surface area contributed by atoms with Crippen molar-refractivity contribution in [3.8, 4) is 10.6 Å². The van der Waals surface area contributed by atoms with Crippen molar-refractivity contribution in [3.05, 3.63) is 29.8 Å². The minimum absolute atomic E-state index is 0.0863. The average Bonchev–Trinajstić information content (AvgIpc) is 2.95. The van der Waals surface area contributed by atoms with Crippen molar-refractivity contribution < 1.29 is 4.79 Å². The summed E-state index contributed by atoms with van der Waals surface area (Å²) in [6, 6.07) is 8.28. The molecule has 2 rings (SSSR count). The van der Waals surface area contributed by atoms with Gasteiger partial charge in [-0.2, -0.15) is 0 Å². The van der Waals surface area contributed by atoms with Crippen molar-refractivity contribution in [3.63, 3.8) is 0 Å². The van der Waals surface area contributed by atoms with Crippen LogP contribution in [-0.2, 0) is 4.79 Å². The van der Waals surface area contributed by atoms with Crippen LogP contribution < -0.4 is 4.90 Å². The van der Waals surface area contributed by atoms with Gasteiger partial charge in [0, 0.05) is 18.0 Å². The Morgan fingerprint density at radius 1 is 1.23 bits per heavy atom. The number of amides is 1. The Kier molecular flexibility index (Phi) is 5.66. The highest BCUT2D eigenvalue weighted by Crippen LogP contribution is 2.30. The molecule has 22 heavy (non-hydrogen) atoms. The molecule has 0 radical (unpaired) electrons. The largest absolute Gasteiger partial charge is 0.284 e. The van der Waals surface area contributed by atoms with Gasteiger partial charge in [0.05, 0.1) is 0 Å². The molecule has 1 amide bonds. The molecule has 0 bridgehead atoms. The lowest BCUT2D eigenvalue weighted by Gasteiger charge is -2.23. The Labute approximate surface area is 136 Å². The fraction of sp³-hybridized carbons (Fsp3) is 0.471. The van der Waals surface area contributed by atoms with E-state index in [1.165, 1.54) is 16.9 Å². The second kappa shape index (κ2) is 7.49. The molecule has 0 spiro atoms. The molecule has 1 aromatic carbocycles. The molecule has 0 unspecified atom stereocenters. The molecule has 0 saturated heterocycles. The molecule has 0 aliphatic carbocycles. The van der Waals surface area contributed by atoms with Crippen molar-refractivity contribution >= 4 is 22.4 Å². The van der Waals surface area contributed by atoms with Gasteiger partial charge in [-0.25, -0.2) is 0 Å². The van der Waals surface area contributed by atoms with Crippen LogP contribution in [0.3, 0.4) is 0 Å². The molecule has 1 heterocycles. The molecule has 0 N–H and O–H groups in total. The van der Waals surface area contributed by atoms with E-state index in [9.17, 15) is 4.79 Å². The van der Waals surface area contributed by atoms with E-state index in [2.05, 4.69) is 36.2 Å². The van der Waals surface area contributed by atoms with E-state index in [4.69, 9.17) is 0 Å². The van der Waals surface area contributed by atoms with Gasteiger partial charge in [-0.1, -0.05) is 54.5 Å². The van der Waals surface area contributed by atoms with Crippen LogP contribution in [0.2, 0.25) is 0 Å². The maximum atomic E-state index is 12.4. The lowest BCUT2D eigenvalue weighted by molar-refractivity contribution is -0.119. The summed E-state index contributed by atoms with van der Waals surface area (Å²) in [5, 5.41) is 10.0. The fourth-order valence-corrected chi connectivity index (χ4v) is 3.19. The molecular formula is C17H23N3OS. The van der Waals surface area contributed by atoms with E-state index in [0.717, 1.165) is 23.4 Å². The number of aryl methyl sites for hydroxylation is 1. The third-order valence-corrected chi connectivity index (χ3v) is 4.42. The van der Waals surface area contributed by atoms with E-state index in [-0.39, 0.29) is 11.9 Å². The van der Waals surface area contributed by atoms with Crippen LogP contribution in [0, 0.1) is 6.92 Å². The lowest BCUT2D eigenvalue weighted by atomic mass is 10.2. The summed E-state index contributed by atoms with van der Waals surface area (Å²) in [4.78, 5) is 14.2. The smallest absolute Gasteiger partial charge is 0.229 e. The highest BCUT2D eigenvalue weighted by Gasteiger charge is 2.22. The van der Waals surface area contributed by atoms with Crippen LogP contribution in [0.25, 0.3) is 10.6 Å². The highest BCUT2D eigenvalue weighted by atomic mass is 32.1. The molecule has 4 nitrogen and oxygen atoms in total. The van der Waals surface area contributed by atoms with Crippen molar-refractivity contribution in [1.82, 2.24) is 10.2 Å². The number of aromatic nitrogens is 2. The van der Waals surface area contributed by atoms with E-state index < -0.39 is 0 Å². The van der Waals surface area contributed by atoms with E-state index in [1.54, 1.807) is 4.90 Å². The number of benzene rings is 1. The number of anilines is 1. The van der Waals surface area contributed by atoms with Gasteiger partial charge < -0.3 is 0 Å². The summed E-state index contributed by atoms with van der Waals surface area (Å²) in [6.45, 7) is 8.17. The maximum Gasteiger partial charge on any atom is 0.229 e. The number of carbonyl (C=O) groups is 1. The number of rotatable bonds is 6. The lowest BCUT2D eigenvalue weighted by Crippen LogP contribution is -2.36. The predicted molar refractivity (Wildman–Crippen MR) is 92.2 cm³/mol. The Morgan fingerprint density at radius 3 is 2.50 bits per heavy atom. The predicted octanol–water partition coefficient (Wildman–Crippen LogP) is 4.45. The minimum atomic E-state index is 0.0863. The van der Waals surface area contributed by atoms with Gasteiger partial charge >= 0.3 is 0 Å². The van der Waals surface area contributed by atoms with E-state index in [0.29, 0.717) is 11.6 Å². The van der Waals surface area contributed by atoms with Crippen molar-refractivity contribution in [2.75, 3.05) is 4.90 Å². The average molecular weight is 317 g/mol. The van der Waals surface area contributed by atoms with Crippen molar-refractivity contribution in [1.29, 1.82) is 0 Å². The third kappa shape index (κ3) is 3.91. The number of carbonyl (C=O) groups excluding carboxylic acids is 1. The first-order valence-electron chi connectivity index (χ1n) is 7.75. The van der Waals surface area contributed by atoms with Gasteiger partial charge in [0.25, 0.3) is 0 Å². The molecule has 0 fully saturated rings. The summed E-state index contributed by atoms with van der Waals surface area (Å²) in [5.41, 5.74) is 2.26. The quantitative estimate of drug-likeness (QED) is 0.791. The molecule has 0 aliphatic heterocycles. The Balaban J connectivity index is 2.23. The maximum absolute atomic E-state index is 12.4.